The zero-order chi connectivity index (χ0) is 12.7. The standard InChI is InChI=1S/C11H13BrN2O3/c1-13-10(15)6-14-11(16)7-17-9-5-3-2-4-8(9)12/h2-5H,6-7H2,1H3,(H,13,15)(H,14,16). The van der Waals surface area contributed by atoms with E-state index in [1.54, 1.807) is 6.07 Å². The fourth-order valence-electron chi connectivity index (χ4n) is 1.02. The van der Waals surface area contributed by atoms with Crippen LogP contribution in [-0.4, -0.2) is 32.0 Å². The van der Waals surface area contributed by atoms with Crippen molar-refractivity contribution in [2.45, 2.75) is 0 Å². The second-order valence-corrected chi connectivity index (χ2v) is 4.02. The van der Waals surface area contributed by atoms with Crippen LogP contribution in [0.15, 0.2) is 28.7 Å². The van der Waals surface area contributed by atoms with Crippen molar-refractivity contribution in [3.05, 3.63) is 28.7 Å². The Kier molecular flexibility index (Phi) is 5.48. The molecule has 2 N–H and O–H groups in total. The molecule has 2 amide bonds. The molecule has 0 saturated heterocycles. The average Bonchev–Trinajstić information content (AvgIpc) is 2.35. The second kappa shape index (κ2) is 6.90. The third-order valence-electron chi connectivity index (χ3n) is 1.92. The van der Waals surface area contributed by atoms with E-state index < -0.39 is 0 Å². The van der Waals surface area contributed by atoms with Gasteiger partial charge in [-0.15, -0.1) is 0 Å². The number of nitrogens with one attached hydrogen (secondary N) is 2. The fraction of sp³-hybridized carbons (Fsp3) is 0.273. The highest BCUT2D eigenvalue weighted by molar-refractivity contribution is 9.10. The molecule has 17 heavy (non-hydrogen) atoms. The van der Waals surface area contributed by atoms with Crippen molar-refractivity contribution < 1.29 is 14.3 Å². The SMILES string of the molecule is CNC(=O)CNC(=O)COc1ccccc1Br. The molecule has 1 rings (SSSR count). The van der Waals surface area contributed by atoms with Crippen molar-refractivity contribution in [3.63, 3.8) is 0 Å². The van der Waals surface area contributed by atoms with Gasteiger partial charge in [0.05, 0.1) is 11.0 Å². The molecule has 0 bridgehead atoms. The van der Waals surface area contributed by atoms with Crippen LogP contribution in [0.1, 0.15) is 0 Å². The minimum atomic E-state index is -0.343. The lowest BCUT2D eigenvalue weighted by Gasteiger charge is -2.08. The smallest absolute Gasteiger partial charge is 0.258 e. The lowest BCUT2D eigenvalue weighted by Crippen LogP contribution is -2.37. The van der Waals surface area contributed by atoms with Gasteiger partial charge < -0.3 is 15.4 Å². The summed E-state index contributed by atoms with van der Waals surface area (Å²) in [5.74, 6) is -0.00816. The van der Waals surface area contributed by atoms with Crippen LogP contribution in [0.2, 0.25) is 0 Å². The van der Waals surface area contributed by atoms with Crippen LogP contribution in [0.4, 0.5) is 0 Å². The number of hydrogen-bond acceptors (Lipinski definition) is 3. The molecule has 6 heteroatoms. The van der Waals surface area contributed by atoms with Gasteiger partial charge >= 0.3 is 0 Å². The highest BCUT2D eigenvalue weighted by Crippen LogP contribution is 2.23. The van der Waals surface area contributed by atoms with Crippen LogP contribution in [0, 0.1) is 0 Å². The zero-order valence-corrected chi connectivity index (χ0v) is 10.9. The van der Waals surface area contributed by atoms with Gasteiger partial charge in [-0.3, -0.25) is 9.59 Å². The number of ether oxygens (including phenoxy) is 1. The van der Waals surface area contributed by atoms with Crippen molar-refractivity contribution in [2.75, 3.05) is 20.2 Å². The first-order chi connectivity index (χ1) is 8.13. The molecule has 0 aliphatic carbocycles. The first kappa shape index (κ1) is 13.5. The van der Waals surface area contributed by atoms with E-state index in [1.165, 1.54) is 7.05 Å². The van der Waals surface area contributed by atoms with E-state index in [9.17, 15) is 9.59 Å². The minimum Gasteiger partial charge on any atom is -0.483 e. The summed E-state index contributed by atoms with van der Waals surface area (Å²) in [5, 5.41) is 4.83. The van der Waals surface area contributed by atoms with Crippen LogP contribution in [0.5, 0.6) is 5.75 Å². The third kappa shape index (κ3) is 4.86. The van der Waals surface area contributed by atoms with E-state index in [2.05, 4.69) is 26.6 Å². The van der Waals surface area contributed by atoms with Gasteiger partial charge in [-0.2, -0.15) is 0 Å². The number of para-hydroxylation sites is 1. The number of rotatable bonds is 5. The number of hydrogen-bond donors (Lipinski definition) is 2. The Labute approximate surface area is 108 Å². The van der Waals surface area contributed by atoms with Crippen LogP contribution in [0.3, 0.4) is 0 Å². The third-order valence-corrected chi connectivity index (χ3v) is 2.58. The molecule has 0 aliphatic heterocycles. The van der Waals surface area contributed by atoms with Gasteiger partial charge in [0.2, 0.25) is 5.91 Å². The van der Waals surface area contributed by atoms with Gasteiger partial charge in [-0.05, 0) is 28.1 Å². The van der Waals surface area contributed by atoms with Crippen molar-refractivity contribution in [2.24, 2.45) is 0 Å². The largest absolute Gasteiger partial charge is 0.483 e. The van der Waals surface area contributed by atoms with Gasteiger partial charge in [0, 0.05) is 7.05 Å². The topological polar surface area (TPSA) is 67.4 Å². The predicted octanol–water partition coefficient (Wildman–Crippen LogP) is 0.690. The lowest BCUT2D eigenvalue weighted by molar-refractivity contribution is -0.127. The van der Waals surface area contributed by atoms with E-state index in [4.69, 9.17) is 4.74 Å². The van der Waals surface area contributed by atoms with Gasteiger partial charge in [-0.25, -0.2) is 0 Å². The van der Waals surface area contributed by atoms with E-state index in [0.29, 0.717) is 5.75 Å². The summed E-state index contributed by atoms with van der Waals surface area (Å²) in [6.45, 7) is -0.172. The Morgan fingerprint density at radius 1 is 1.29 bits per heavy atom. The van der Waals surface area contributed by atoms with Crippen LogP contribution < -0.4 is 15.4 Å². The molecule has 1 aromatic rings. The number of amides is 2. The summed E-state index contributed by atoms with van der Waals surface area (Å²) in [6, 6.07) is 7.22. The van der Waals surface area contributed by atoms with Crippen molar-refractivity contribution in [1.29, 1.82) is 0 Å². The molecular formula is C11H13BrN2O3. The molecule has 0 aliphatic rings. The number of likely N-dealkylation sites (N-methyl/N-ethyl adjacent to an activating group) is 1. The number of benzene rings is 1. The maximum absolute atomic E-state index is 11.3. The molecule has 0 radical (unpaired) electrons. The summed E-state index contributed by atoms with van der Waals surface area (Å²) >= 11 is 3.30. The van der Waals surface area contributed by atoms with E-state index in [-0.39, 0.29) is 25.0 Å². The molecule has 5 nitrogen and oxygen atoms in total. The number of halogens is 1. The maximum atomic E-state index is 11.3. The number of carbonyl (C=O) groups is 2. The molecule has 1 aromatic carbocycles. The van der Waals surface area contributed by atoms with E-state index >= 15 is 0 Å². The Bertz CT molecular complexity index is 409. The van der Waals surface area contributed by atoms with Crippen molar-refractivity contribution >= 4 is 27.7 Å². The highest BCUT2D eigenvalue weighted by atomic mass is 79.9. The first-order valence-electron chi connectivity index (χ1n) is 4.98. The van der Waals surface area contributed by atoms with Crippen molar-refractivity contribution in [1.82, 2.24) is 10.6 Å². The van der Waals surface area contributed by atoms with Gasteiger partial charge in [0.1, 0.15) is 5.75 Å². The lowest BCUT2D eigenvalue weighted by atomic mass is 10.3. The molecule has 0 unspecified atom stereocenters. The molecule has 0 heterocycles. The van der Waals surface area contributed by atoms with Crippen LogP contribution >= 0.6 is 15.9 Å². The maximum Gasteiger partial charge on any atom is 0.258 e. The first-order valence-corrected chi connectivity index (χ1v) is 5.77. The van der Waals surface area contributed by atoms with Crippen LogP contribution in [0.25, 0.3) is 0 Å². The Morgan fingerprint density at radius 3 is 2.65 bits per heavy atom. The normalized spacial score (nSPS) is 9.53. The minimum absolute atomic E-state index is 0.0470. The average molecular weight is 301 g/mol. The molecule has 92 valence electrons. The molecule has 0 saturated carbocycles. The summed E-state index contributed by atoms with van der Waals surface area (Å²) in [7, 11) is 1.51. The van der Waals surface area contributed by atoms with Gasteiger partial charge in [0.25, 0.3) is 5.91 Å². The Balaban J connectivity index is 2.34. The quantitative estimate of drug-likeness (QED) is 0.841. The molecule has 0 aromatic heterocycles. The van der Waals surface area contributed by atoms with E-state index in [1.807, 2.05) is 18.2 Å². The fourth-order valence-corrected chi connectivity index (χ4v) is 1.42. The number of carbonyl (C=O) groups excluding carboxylic acids is 2. The molecular weight excluding hydrogens is 288 g/mol. The van der Waals surface area contributed by atoms with Gasteiger partial charge in [-0.1, -0.05) is 12.1 Å². The molecule has 0 atom stereocenters. The summed E-state index contributed by atoms with van der Waals surface area (Å²) in [6.07, 6.45) is 0. The van der Waals surface area contributed by atoms with E-state index in [0.717, 1.165) is 4.47 Å². The van der Waals surface area contributed by atoms with Crippen LogP contribution in [-0.2, 0) is 9.59 Å². The highest BCUT2D eigenvalue weighted by Gasteiger charge is 2.06. The Morgan fingerprint density at radius 2 is 2.00 bits per heavy atom. The molecule has 0 spiro atoms. The summed E-state index contributed by atoms with van der Waals surface area (Å²) in [4.78, 5) is 22.2. The Hall–Kier alpha value is -1.56. The van der Waals surface area contributed by atoms with Gasteiger partial charge in [0.15, 0.2) is 6.61 Å². The molecule has 0 fully saturated rings. The zero-order valence-electron chi connectivity index (χ0n) is 9.33. The predicted molar refractivity (Wildman–Crippen MR) is 66.7 cm³/mol. The second-order valence-electron chi connectivity index (χ2n) is 3.17. The summed E-state index contributed by atoms with van der Waals surface area (Å²) in [5.41, 5.74) is 0. The monoisotopic (exact) mass is 300 g/mol. The van der Waals surface area contributed by atoms with Crippen molar-refractivity contribution in [3.8, 4) is 5.75 Å². The summed E-state index contributed by atoms with van der Waals surface area (Å²) < 4.78 is 6.05.